The first-order valence-corrected chi connectivity index (χ1v) is 8.01. The Morgan fingerprint density at radius 1 is 1.14 bits per heavy atom. The van der Waals surface area contributed by atoms with Gasteiger partial charge in [0.1, 0.15) is 5.82 Å². The van der Waals surface area contributed by atoms with Crippen LogP contribution in [0.2, 0.25) is 0 Å². The molecule has 0 aliphatic rings. The average molecular weight is 313 g/mol. The zero-order valence-corrected chi connectivity index (χ0v) is 14.2. The van der Waals surface area contributed by atoms with E-state index in [4.69, 9.17) is 12.2 Å². The number of rotatable bonds is 5. The summed E-state index contributed by atoms with van der Waals surface area (Å²) >= 11 is 5.46. The molecule has 0 amide bonds. The van der Waals surface area contributed by atoms with Crippen LogP contribution in [0.3, 0.4) is 0 Å². The third-order valence-electron chi connectivity index (χ3n) is 3.46. The van der Waals surface area contributed by atoms with Crippen molar-refractivity contribution in [3.05, 3.63) is 59.8 Å². The number of anilines is 1. The van der Waals surface area contributed by atoms with Crippen LogP contribution in [0.5, 0.6) is 0 Å². The number of hydrogen-bond donors (Lipinski definition) is 2. The van der Waals surface area contributed by atoms with Crippen LogP contribution in [0.1, 0.15) is 37.4 Å². The summed E-state index contributed by atoms with van der Waals surface area (Å²) in [5.74, 6) is 1.38. The van der Waals surface area contributed by atoms with Gasteiger partial charge in [0.2, 0.25) is 0 Å². The molecule has 1 unspecified atom stereocenters. The Bertz CT molecular complexity index is 611. The number of nitrogens with one attached hydrogen (secondary N) is 2. The molecule has 0 saturated carbocycles. The lowest BCUT2D eigenvalue weighted by atomic mass is 9.97. The molecule has 1 aromatic carbocycles. The molecule has 0 aliphatic heterocycles. The van der Waals surface area contributed by atoms with E-state index in [1.807, 2.05) is 25.1 Å². The molecular formula is C18H23N3S. The van der Waals surface area contributed by atoms with Gasteiger partial charge in [-0.15, -0.1) is 0 Å². The highest BCUT2D eigenvalue weighted by molar-refractivity contribution is 7.80. The number of aromatic nitrogens is 1. The molecule has 0 fully saturated rings. The van der Waals surface area contributed by atoms with Crippen molar-refractivity contribution in [3.63, 3.8) is 0 Å². The van der Waals surface area contributed by atoms with Crippen LogP contribution in [-0.4, -0.2) is 10.1 Å². The minimum atomic E-state index is 0.199. The molecule has 4 heteroatoms. The van der Waals surface area contributed by atoms with Gasteiger partial charge in [-0.05, 0) is 48.7 Å². The van der Waals surface area contributed by atoms with Gasteiger partial charge >= 0.3 is 0 Å². The molecule has 116 valence electrons. The quantitative estimate of drug-likeness (QED) is 0.799. The summed E-state index contributed by atoms with van der Waals surface area (Å²) in [6.45, 7) is 6.45. The highest BCUT2D eigenvalue weighted by atomic mass is 32.1. The van der Waals surface area contributed by atoms with Gasteiger partial charge in [-0.3, -0.25) is 0 Å². The topological polar surface area (TPSA) is 37.0 Å². The highest BCUT2D eigenvalue weighted by Crippen LogP contribution is 2.21. The van der Waals surface area contributed by atoms with Crippen molar-refractivity contribution in [3.8, 4) is 0 Å². The minimum absolute atomic E-state index is 0.199. The van der Waals surface area contributed by atoms with Gasteiger partial charge in [0.15, 0.2) is 5.11 Å². The smallest absolute Gasteiger partial charge is 0.172 e. The summed E-state index contributed by atoms with van der Waals surface area (Å²) in [6.07, 6.45) is 2.79. The molecule has 0 saturated heterocycles. The molecule has 2 aromatic rings. The van der Waals surface area contributed by atoms with E-state index in [2.05, 4.69) is 53.7 Å². The van der Waals surface area contributed by atoms with Gasteiger partial charge < -0.3 is 10.6 Å². The van der Waals surface area contributed by atoms with Gasteiger partial charge in [0.05, 0.1) is 6.04 Å². The Hall–Kier alpha value is -1.94. The summed E-state index contributed by atoms with van der Waals surface area (Å²) in [6, 6.07) is 14.6. The molecule has 0 aliphatic carbocycles. The fourth-order valence-electron chi connectivity index (χ4n) is 2.35. The van der Waals surface area contributed by atoms with Crippen molar-refractivity contribution in [1.29, 1.82) is 0 Å². The summed E-state index contributed by atoms with van der Waals surface area (Å²) in [7, 11) is 0. The van der Waals surface area contributed by atoms with Crippen molar-refractivity contribution in [2.45, 2.75) is 33.2 Å². The average Bonchev–Trinajstić information content (AvgIpc) is 2.49. The number of hydrogen-bond acceptors (Lipinski definition) is 2. The lowest BCUT2D eigenvalue weighted by molar-refractivity contribution is 0.481. The predicted octanol–water partition coefficient (Wildman–Crippen LogP) is 4.46. The second-order valence-electron chi connectivity index (χ2n) is 5.86. The summed E-state index contributed by atoms with van der Waals surface area (Å²) < 4.78 is 0. The van der Waals surface area contributed by atoms with Crippen molar-refractivity contribution in [2.75, 3.05) is 5.32 Å². The highest BCUT2D eigenvalue weighted by Gasteiger charge is 2.14. The van der Waals surface area contributed by atoms with Gasteiger partial charge in [-0.1, -0.05) is 50.2 Å². The van der Waals surface area contributed by atoms with E-state index in [0.29, 0.717) is 11.0 Å². The van der Waals surface area contributed by atoms with E-state index in [0.717, 1.165) is 17.8 Å². The van der Waals surface area contributed by atoms with Crippen LogP contribution in [0.25, 0.3) is 0 Å². The molecule has 0 radical (unpaired) electrons. The molecule has 3 nitrogen and oxygen atoms in total. The van der Waals surface area contributed by atoms with E-state index < -0.39 is 0 Å². The first-order chi connectivity index (χ1) is 10.6. The molecule has 1 atom stereocenters. The summed E-state index contributed by atoms with van der Waals surface area (Å²) in [4.78, 5) is 4.32. The van der Waals surface area contributed by atoms with Crippen LogP contribution in [0.15, 0.2) is 48.7 Å². The van der Waals surface area contributed by atoms with Crippen molar-refractivity contribution < 1.29 is 0 Å². The minimum Gasteiger partial charge on any atom is -0.356 e. The first kappa shape index (κ1) is 16.4. The molecule has 0 spiro atoms. The Kier molecular flexibility index (Phi) is 5.90. The number of aryl methyl sites for hydroxylation is 1. The zero-order chi connectivity index (χ0) is 15.9. The van der Waals surface area contributed by atoms with Crippen LogP contribution >= 0.6 is 12.2 Å². The molecular weight excluding hydrogens is 290 g/mol. The molecule has 22 heavy (non-hydrogen) atoms. The van der Waals surface area contributed by atoms with Gasteiger partial charge in [0, 0.05) is 6.20 Å². The largest absolute Gasteiger partial charge is 0.356 e. The summed E-state index contributed by atoms with van der Waals surface area (Å²) in [5, 5.41) is 7.22. The number of benzene rings is 1. The van der Waals surface area contributed by atoms with Crippen molar-refractivity contribution in [2.24, 2.45) is 5.92 Å². The third kappa shape index (κ3) is 4.81. The molecule has 2 rings (SSSR count). The summed E-state index contributed by atoms with van der Waals surface area (Å²) in [5.41, 5.74) is 2.32. The normalized spacial score (nSPS) is 12.0. The van der Waals surface area contributed by atoms with Crippen LogP contribution in [0.4, 0.5) is 5.82 Å². The second-order valence-corrected chi connectivity index (χ2v) is 6.27. The monoisotopic (exact) mass is 313 g/mol. The molecule has 1 heterocycles. The van der Waals surface area contributed by atoms with E-state index in [9.17, 15) is 0 Å². The fourth-order valence-corrected chi connectivity index (χ4v) is 2.59. The lowest BCUT2D eigenvalue weighted by Gasteiger charge is -2.23. The van der Waals surface area contributed by atoms with E-state index in [1.165, 1.54) is 5.56 Å². The van der Waals surface area contributed by atoms with E-state index in [1.54, 1.807) is 6.20 Å². The second kappa shape index (κ2) is 7.90. The van der Waals surface area contributed by atoms with Crippen LogP contribution < -0.4 is 10.6 Å². The van der Waals surface area contributed by atoms with Crippen molar-refractivity contribution >= 4 is 23.1 Å². The zero-order valence-electron chi connectivity index (χ0n) is 13.3. The van der Waals surface area contributed by atoms with Gasteiger partial charge in [-0.2, -0.15) is 0 Å². The fraction of sp³-hybridized carbons (Fsp3) is 0.333. The van der Waals surface area contributed by atoms with Crippen LogP contribution in [0, 0.1) is 12.8 Å². The SMILES string of the molecule is Cc1cccnc1NC(=S)NC(CC(C)C)c1ccccc1. The standard InChI is InChI=1S/C18H23N3S/c1-13(2)12-16(15-9-5-4-6-10-15)20-18(22)21-17-14(3)8-7-11-19-17/h4-11,13,16H,12H2,1-3H3,(H2,19,20,21,22). The van der Waals surface area contributed by atoms with Crippen molar-refractivity contribution in [1.82, 2.24) is 10.3 Å². The Morgan fingerprint density at radius 3 is 2.50 bits per heavy atom. The maximum absolute atomic E-state index is 5.46. The lowest BCUT2D eigenvalue weighted by Crippen LogP contribution is -2.33. The maximum atomic E-state index is 5.46. The third-order valence-corrected chi connectivity index (χ3v) is 3.68. The number of thiocarbonyl (C=S) groups is 1. The first-order valence-electron chi connectivity index (χ1n) is 7.60. The Labute approximate surface area is 138 Å². The predicted molar refractivity (Wildman–Crippen MR) is 97.0 cm³/mol. The Balaban J connectivity index is 2.07. The van der Waals surface area contributed by atoms with Gasteiger partial charge in [-0.25, -0.2) is 4.98 Å². The number of nitrogens with zero attached hydrogens (tertiary/aromatic N) is 1. The van der Waals surface area contributed by atoms with E-state index >= 15 is 0 Å². The molecule has 1 aromatic heterocycles. The van der Waals surface area contributed by atoms with Gasteiger partial charge in [0.25, 0.3) is 0 Å². The Morgan fingerprint density at radius 2 is 1.86 bits per heavy atom. The number of pyridine rings is 1. The maximum Gasteiger partial charge on any atom is 0.172 e. The van der Waals surface area contributed by atoms with Crippen LogP contribution in [-0.2, 0) is 0 Å². The molecule has 2 N–H and O–H groups in total. The van der Waals surface area contributed by atoms with E-state index in [-0.39, 0.29) is 6.04 Å². The molecule has 0 bridgehead atoms.